The highest BCUT2D eigenvalue weighted by molar-refractivity contribution is 7.89. The summed E-state index contributed by atoms with van der Waals surface area (Å²) in [4.78, 5) is 15.9. The number of anilines is 1. The third kappa shape index (κ3) is 3.88. The van der Waals surface area contributed by atoms with Gasteiger partial charge in [0.15, 0.2) is 0 Å². The third-order valence-corrected chi connectivity index (χ3v) is 5.92. The Morgan fingerprint density at radius 1 is 1.18 bits per heavy atom. The van der Waals surface area contributed by atoms with Crippen LogP contribution in [0.4, 0.5) is 18.9 Å². The maximum Gasteiger partial charge on any atom is 0.433 e. The summed E-state index contributed by atoms with van der Waals surface area (Å²) in [7, 11) is -3.82. The quantitative estimate of drug-likeness (QED) is 0.804. The molecule has 150 valence electrons. The van der Waals surface area contributed by atoms with Gasteiger partial charge in [-0.15, -0.1) is 0 Å². The molecule has 0 aliphatic heterocycles. The number of hydrogen-bond acceptors (Lipinski definition) is 4. The number of nitrogens with zero attached hydrogens (tertiary/aromatic N) is 1. The number of nitrogens with one attached hydrogen (secondary N) is 1. The molecule has 2 atom stereocenters. The molecular weight excluding hydrogens is 395 g/mol. The molecule has 0 radical (unpaired) electrons. The normalized spacial score (nSPS) is 21.2. The molecule has 3 N–H and O–H groups in total. The van der Waals surface area contributed by atoms with Crippen LogP contribution >= 0.6 is 0 Å². The van der Waals surface area contributed by atoms with Gasteiger partial charge in [0.2, 0.25) is 15.9 Å². The predicted molar refractivity (Wildman–Crippen MR) is 95.7 cm³/mol. The van der Waals surface area contributed by atoms with Crippen molar-refractivity contribution < 1.29 is 26.4 Å². The molecule has 0 spiro atoms. The number of alkyl halides is 3. The average molecular weight is 413 g/mol. The van der Waals surface area contributed by atoms with E-state index >= 15 is 0 Å². The van der Waals surface area contributed by atoms with Gasteiger partial charge in [-0.3, -0.25) is 9.78 Å². The van der Waals surface area contributed by atoms with Gasteiger partial charge in [-0.25, -0.2) is 13.6 Å². The summed E-state index contributed by atoms with van der Waals surface area (Å²) >= 11 is 0. The molecular formula is C18H18F3N3O3S. The SMILES string of the molecule is CC1(C)C(C(=O)Nc2ccnc(C(F)(F)F)c2)C1c1ccc(S(N)(=O)=O)cc1. The number of pyridine rings is 1. The van der Waals surface area contributed by atoms with Crippen molar-refractivity contribution in [2.24, 2.45) is 16.5 Å². The molecule has 1 aromatic heterocycles. The van der Waals surface area contributed by atoms with Gasteiger partial charge in [0, 0.05) is 17.8 Å². The van der Waals surface area contributed by atoms with Crippen LogP contribution in [0.15, 0.2) is 47.5 Å². The lowest BCUT2D eigenvalue weighted by Crippen LogP contribution is -2.18. The minimum Gasteiger partial charge on any atom is -0.326 e. The maximum atomic E-state index is 12.8. The molecule has 6 nitrogen and oxygen atoms in total. The molecule has 1 aliphatic carbocycles. The number of primary sulfonamides is 1. The van der Waals surface area contributed by atoms with Gasteiger partial charge in [0.1, 0.15) is 5.69 Å². The number of sulfonamides is 1. The number of halogens is 3. The Morgan fingerprint density at radius 3 is 2.32 bits per heavy atom. The van der Waals surface area contributed by atoms with Gasteiger partial charge in [0.25, 0.3) is 0 Å². The van der Waals surface area contributed by atoms with E-state index in [0.29, 0.717) is 0 Å². The Morgan fingerprint density at radius 2 is 1.79 bits per heavy atom. The molecule has 1 aliphatic rings. The van der Waals surface area contributed by atoms with Gasteiger partial charge >= 0.3 is 6.18 Å². The van der Waals surface area contributed by atoms with Crippen LogP contribution in [0.5, 0.6) is 0 Å². The van der Waals surface area contributed by atoms with Gasteiger partial charge in [-0.05, 0) is 35.2 Å². The maximum absolute atomic E-state index is 12.8. The van der Waals surface area contributed by atoms with Crippen molar-refractivity contribution in [3.63, 3.8) is 0 Å². The van der Waals surface area contributed by atoms with Crippen LogP contribution in [0.25, 0.3) is 0 Å². The lowest BCUT2D eigenvalue weighted by molar-refractivity contribution is -0.141. The molecule has 10 heteroatoms. The number of benzene rings is 1. The summed E-state index contributed by atoms with van der Waals surface area (Å²) in [5.74, 6) is -1.09. The molecule has 3 rings (SSSR count). The summed E-state index contributed by atoms with van der Waals surface area (Å²) in [5, 5.41) is 7.59. The van der Waals surface area contributed by atoms with Crippen LogP contribution in [0.1, 0.15) is 31.0 Å². The van der Waals surface area contributed by atoms with E-state index in [1.165, 1.54) is 18.2 Å². The van der Waals surface area contributed by atoms with E-state index in [9.17, 15) is 26.4 Å². The van der Waals surface area contributed by atoms with Gasteiger partial charge in [-0.2, -0.15) is 13.2 Å². The summed E-state index contributed by atoms with van der Waals surface area (Å²) in [5.41, 5.74) is -0.760. The highest BCUT2D eigenvalue weighted by atomic mass is 32.2. The third-order valence-electron chi connectivity index (χ3n) is 5.00. The molecule has 0 saturated heterocycles. The minimum absolute atomic E-state index is 0.0124. The van der Waals surface area contributed by atoms with Crippen molar-refractivity contribution in [3.05, 3.63) is 53.9 Å². The number of carbonyl (C=O) groups is 1. The Kier molecular flexibility index (Phi) is 4.75. The first kappa shape index (κ1) is 20.3. The van der Waals surface area contributed by atoms with Crippen LogP contribution in [0.2, 0.25) is 0 Å². The number of rotatable bonds is 4. The zero-order valence-corrected chi connectivity index (χ0v) is 15.8. The first-order valence-corrected chi connectivity index (χ1v) is 9.83. The summed E-state index contributed by atoms with van der Waals surface area (Å²) in [6.45, 7) is 3.73. The highest BCUT2D eigenvalue weighted by Gasteiger charge is 2.62. The van der Waals surface area contributed by atoms with Crippen LogP contribution in [-0.2, 0) is 21.0 Å². The fraction of sp³-hybridized carbons (Fsp3) is 0.333. The lowest BCUT2D eigenvalue weighted by Gasteiger charge is -2.09. The van der Waals surface area contributed by atoms with Crippen LogP contribution in [-0.4, -0.2) is 19.3 Å². The Bertz CT molecular complexity index is 1020. The van der Waals surface area contributed by atoms with Gasteiger partial charge in [-0.1, -0.05) is 26.0 Å². The largest absolute Gasteiger partial charge is 0.433 e. The van der Waals surface area contributed by atoms with Crippen molar-refractivity contribution in [2.45, 2.75) is 30.8 Å². The highest BCUT2D eigenvalue weighted by Crippen LogP contribution is 2.64. The topological polar surface area (TPSA) is 102 Å². The first-order chi connectivity index (χ1) is 12.8. The zero-order chi connectivity index (χ0) is 20.9. The fourth-order valence-corrected chi connectivity index (χ4v) is 4.01. The van der Waals surface area contributed by atoms with E-state index in [-0.39, 0.29) is 16.5 Å². The van der Waals surface area contributed by atoms with E-state index < -0.39 is 39.1 Å². The minimum atomic E-state index is -4.60. The zero-order valence-electron chi connectivity index (χ0n) is 15.0. The van der Waals surface area contributed by atoms with Gasteiger partial charge in [0.05, 0.1) is 10.8 Å². The molecule has 2 unspecified atom stereocenters. The smallest absolute Gasteiger partial charge is 0.326 e. The first-order valence-electron chi connectivity index (χ1n) is 8.28. The van der Waals surface area contributed by atoms with E-state index in [0.717, 1.165) is 17.8 Å². The summed E-state index contributed by atoms with van der Waals surface area (Å²) < 4.78 is 61.0. The molecule has 2 aromatic rings. The van der Waals surface area contributed by atoms with Crippen molar-refractivity contribution in [2.75, 3.05) is 5.32 Å². The van der Waals surface area contributed by atoms with E-state index in [1.54, 1.807) is 12.1 Å². The van der Waals surface area contributed by atoms with E-state index in [4.69, 9.17) is 5.14 Å². The van der Waals surface area contributed by atoms with E-state index in [1.807, 2.05) is 13.8 Å². The second kappa shape index (κ2) is 6.56. The van der Waals surface area contributed by atoms with Crippen LogP contribution < -0.4 is 10.5 Å². The number of aromatic nitrogens is 1. The lowest BCUT2D eigenvalue weighted by atomic mass is 10.0. The Hall–Kier alpha value is -2.46. The predicted octanol–water partition coefficient (Wildman–Crippen LogP) is 3.13. The molecule has 28 heavy (non-hydrogen) atoms. The van der Waals surface area contributed by atoms with Crippen LogP contribution in [0.3, 0.4) is 0 Å². The summed E-state index contributed by atoms with van der Waals surface area (Å²) in [6.07, 6.45) is -3.62. The molecule has 1 heterocycles. The average Bonchev–Trinajstić information content (AvgIpc) is 3.16. The molecule has 1 aromatic carbocycles. The second-order valence-corrected chi connectivity index (χ2v) is 8.87. The standard InChI is InChI=1S/C18H18F3N3O3S/c1-17(2)14(10-3-5-12(6-4-10)28(22,26)27)15(17)16(25)24-11-7-8-23-13(9-11)18(19,20)21/h3-9,14-15H,1-2H3,(H2,22,26,27)(H,23,24,25). The molecule has 1 fully saturated rings. The summed E-state index contributed by atoms with van der Waals surface area (Å²) in [6, 6.07) is 7.99. The Balaban J connectivity index is 1.78. The molecule has 0 bridgehead atoms. The molecule has 1 amide bonds. The Labute approximate surface area is 160 Å². The van der Waals surface area contributed by atoms with Crippen molar-refractivity contribution in [1.82, 2.24) is 4.98 Å². The van der Waals surface area contributed by atoms with Crippen molar-refractivity contribution >= 4 is 21.6 Å². The number of nitrogens with two attached hydrogens (primary N) is 1. The number of hydrogen-bond donors (Lipinski definition) is 2. The monoisotopic (exact) mass is 413 g/mol. The van der Waals surface area contributed by atoms with Gasteiger partial charge < -0.3 is 5.32 Å². The number of carbonyl (C=O) groups excluding carboxylic acids is 1. The van der Waals surface area contributed by atoms with E-state index in [2.05, 4.69) is 10.3 Å². The van der Waals surface area contributed by atoms with Crippen LogP contribution in [0, 0.1) is 11.3 Å². The second-order valence-electron chi connectivity index (χ2n) is 7.31. The number of amides is 1. The van der Waals surface area contributed by atoms with Crippen molar-refractivity contribution in [1.29, 1.82) is 0 Å². The fourth-order valence-electron chi connectivity index (χ4n) is 3.50. The molecule has 1 saturated carbocycles. The van der Waals surface area contributed by atoms with Crippen molar-refractivity contribution in [3.8, 4) is 0 Å².